The molecule has 8 rings (SSSR count). The third kappa shape index (κ3) is 3.35. The molecule has 1 aliphatic carbocycles. The molecule has 1 aliphatic rings. The molecule has 0 unspecified atom stereocenters. The van der Waals surface area contributed by atoms with Gasteiger partial charge in [0.25, 0.3) is 0 Å². The Labute approximate surface area is 231 Å². The Morgan fingerprint density at radius 1 is 0.675 bits per heavy atom. The molecule has 3 heterocycles. The van der Waals surface area contributed by atoms with Gasteiger partial charge in [-0.25, -0.2) is 19.9 Å². The number of fused-ring (bicyclic) bond motifs is 11. The maximum atomic E-state index is 4.98. The van der Waals surface area contributed by atoms with E-state index >= 15 is 0 Å². The van der Waals surface area contributed by atoms with Crippen molar-refractivity contribution in [3.63, 3.8) is 0 Å². The van der Waals surface area contributed by atoms with Crippen molar-refractivity contribution in [2.75, 3.05) is 0 Å². The number of rotatable bonds is 3. The molecule has 0 saturated heterocycles. The van der Waals surface area contributed by atoms with E-state index in [-0.39, 0.29) is 0 Å². The zero-order valence-corrected chi connectivity index (χ0v) is 23.1. The van der Waals surface area contributed by atoms with Crippen molar-refractivity contribution >= 4 is 43.7 Å². The Balaban J connectivity index is 1.27. The van der Waals surface area contributed by atoms with Crippen LogP contribution in [0.5, 0.6) is 0 Å². The summed E-state index contributed by atoms with van der Waals surface area (Å²) in [6.45, 7) is 8.68. The smallest absolute Gasteiger partial charge is 0.116 e. The van der Waals surface area contributed by atoms with Crippen LogP contribution in [0.4, 0.5) is 0 Å². The molecule has 0 spiro atoms. The summed E-state index contributed by atoms with van der Waals surface area (Å²) in [5.74, 6) is 2.73. The molecule has 0 fully saturated rings. The number of nitrogens with zero attached hydrogens (tertiary/aromatic N) is 4. The first-order valence-electron chi connectivity index (χ1n) is 14.2. The van der Waals surface area contributed by atoms with Crippen LogP contribution in [0.25, 0.3) is 66.0 Å². The molecule has 0 aliphatic heterocycles. The van der Waals surface area contributed by atoms with Gasteiger partial charge in [0.15, 0.2) is 0 Å². The van der Waals surface area contributed by atoms with E-state index < -0.39 is 0 Å². The van der Waals surface area contributed by atoms with Gasteiger partial charge in [-0.15, -0.1) is 0 Å². The highest BCUT2D eigenvalue weighted by Gasteiger charge is 2.22. The number of hydrogen-bond acceptors (Lipinski definition) is 4. The number of aromatic amines is 2. The van der Waals surface area contributed by atoms with Crippen LogP contribution < -0.4 is 0 Å². The number of H-pyrrole nitrogens is 2. The molecule has 0 atom stereocenters. The first-order chi connectivity index (χ1) is 19.5. The van der Waals surface area contributed by atoms with Gasteiger partial charge in [-0.1, -0.05) is 64.1 Å². The van der Waals surface area contributed by atoms with Crippen molar-refractivity contribution in [2.45, 2.75) is 52.4 Å². The fourth-order valence-electron chi connectivity index (χ4n) is 6.34. The standard InChI is InChI=1S/C34H30N6/c1-17(2)33-37-28-12-11-23-22-8-5-19(13-21(22)7-10-24(23)29(28)38-33)20-6-9-25-26(14-20)27-15-35-16-36-30(27)32-31(25)39-34(40-32)18(3)4/h5-6,8-9,11-18H,7,10H2,1-4H3,(H,37,38)(H,39,40). The Morgan fingerprint density at radius 3 is 2.27 bits per heavy atom. The SMILES string of the molecule is CC(C)c1nc2c3c(ccc2[nH]1)-c1ccc(-c2ccc4c(c2)c2cncnc2c2[nH]c(C(C)C)nc42)cc1CC3. The zero-order chi connectivity index (χ0) is 27.1. The van der Waals surface area contributed by atoms with E-state index in [4.69, 9.17) is 9.97 Å². The van der Waals surface area contributed by atoms with Crippen LogP contribution in [-0.2, 0) is 12.8 Å². The summed E-state index contributed by atoms with van der Waals surface area (Å²) < 4.78 is 0. The van der Waals surface area contributed by atoms with Crippen LogP contribution in [0.3, 0.4) is 0 Å². The lowest BCUT2D eigenvalue weighted by Crippen LogP contribution is -2.05. The lowest BCUT2D eigenvalue weighted by molar-refractivity contribution is 0.798. The Hall–Kier alpha value is -4.58. The van der Waals surface area contributed by atoms with Crippen molar-refractivity contribution in [1.29, 1.82) is 0 Å². The summed E-state index contributed by atoms with van der Waals surface area (Å²) in [6.07, 6.45) is 5.55. The van der Waals surface area contributed by atoms with Crippen molar-refractivity contribution in [3.8, 4) is 22.3 Å². The first kappa shape index (κ1) is 23.3. The maximum Gasteiger partial charge on any atom is 0.116 e. The zero-order valence-electron chi connectivity index (χ0n) is 23.1. The highest BCUT2D eigenvalue weighted by Crippen LogP contribution is 2.40. The number of aromatic nitrogens is 6. The minimum absolute atomic E-state index is 0.306. The summed E-state index contributed by atoms with van der Waals surface area (Å²) in [7, 11) is 0. The van der Waals surface area contributed by atoms with Gasteiger partial charge in [0.1, 0.15) is 18.0 Å². The molecule has 0 saturated carbocycles. The minimum Gasteiger partial charge on any atom is -0.342 e. The number of aryl methyl sites for hydroxylation is 2. The van der Waals surface area contributed by atoms with E-state index in [1.54, 1.807) is 6.33 Å². The van der Waals surface area contributed by atoms with Crippen LogP contribution in [0.2, 0.25) is 0 Å². The quantitative estimate of drug-likeness (QED) is 0.229. The topological polar surface area (TPSA) is 83.1 Å². The first-order valence-corrected chi connectivity index (χ1v) is 14.2. The fourth-order valence-corrected chi connectivity index (χ4v) is 6.34. The molecular weight excluding hydrogens is 492 g/mol. The van der Waals surface area contributed by atoms with Gasteiger partial charge >= 0.3 is 0 Å². The van der Waals surface area contributed by atoms with E-state index in [9.17, 15) is 0 Å². The molecule has 6 heteroatoms. The molecule has 40 heavy (non-hydrogen) atoms. The second-order valence-corrected chi connectivity index (χ2v) is 11.7. The summed E-state index contributed by atoms with van der Waals surface area (Å²) in [5, 5.41) is 3.30. The van der Waals surface area contributed by atoms with Gasteiger partial charge in [0.2, 0.25) is 0 Å². The molecule has 3 aromatic heterocycles. The predicted octanol–water partition coefficient (Wildman–Crippen LogP) is 8.22. The van der Waals surface area contributed by atoms with Crippen LogP contribution in [-0.4, -0.2) is 29.9 Å². The average molecular weight is 523 g/mol. The lowest BCUT2D eigenvalue weighted by Gasteiger charge is -2.21. The molecule has 196 valence electrons. The highest BCUT2D eigenvalue weighted by molar-refractivity contribution is 6.22. The Bertz CT molecular complexity index is 2130. The van der Waals surface area contributed by atoms with E-state index in [0.717, 1.165) is 68.2 Å². The maximum absolute atomic E-state index is 4.98. The van der Waals surface area contributed by atoms with E-state index in [1.165, 1.54) is 33.4 Å². The van der Waals surface area contributed by atoms with E-state index in [2.05, 4.69) is 96.2 Å². The predicted molar refractivity (Wildman–Crippen MR) is 163 cm³/mol. The van der Waals surface area contributed by atoms with Gasteiger partial charge in [0.05, 0.1) is 27.6 Å². The molecule has 0 bridgehead atoms. The molecule has 6 nitrogen and oxygen atoms in total. The minimum atomic E-state index is 0.306. The third-order valence-electron chi connectivity index (χ3n) is 8.48. The van der Waals surface area contributed by atoms with Gasteiger partial charge in [-0.3, -0.25) is 0 Å². The van der Waals surface area contributed by atoms with Crippen molar-refractivity contribution in [1.82, 2.24) is 29.9 Å². The number of hydrogen-bond donors (Lipinski definition) is 2. The summed E-state index contributed by atoms with van der Waals surface area (Å²) >= 11 is 0. The third-order valence-corrected chi connectivity index (χ3v) is 8.48. The van der Waals surface area contributed by atoms with Gasteiger partial charge < -0.3 is 9.97 Å². The van der Waals surface area contributed by atoms with Gasteiger partial charge in [-0.2, -0.15) is 0 Å². The fraction of sp³-hybridized carbons (Fsp3) is 0.235. The molecule has 7 aromatic rings. The van der Waals surface area contributed by atoms with Gasteiger partial charge in [-0.05, 0) is 63.7 Å². The summed E-state index contributed by atoms with van der Waals surface area (Å²) in [6, 6.07) is 18.1. The van der Waals surface area contributed by atoms with E-state index in [0.29, 0.717) is 11.8 Å². The molecule has 2 N–H and O–H groups in total. The largest absolute Gasteiger partial charge is 0.342 e. The highest BCUT2D eigenvalue weighted by atomic mass is 14.9. The number of nitrogens with one attached hydrogen (secondary N) is 2. The lowest BCUT2D eigenvalue weighted by atomic mass is 9.83. The number of imidazole rings is 2. The molecular formula is C34H30N6. The van der Waals surface area contributed by atoms with Crippen LogP contribution in [0.15, 0.2) is 61.1 Å². The number of benzene rings is 4. The van der Waals surface area contributed by atoms with Crippen LogP contribution in [0.1, 0.15) is 62.3 Å². The Morgan fingerprint density at radius 2 is 1.43 bits per heavy atom. The Kier molecular flexibility index (Phi) is 4.93. The summed E-state index contributed by atoms with van der Waals surface area (Å²) in [4.78, 5) is 26.0. The molecule has 4 aromatic carbocycles. The van der Waals surface area contributed by atoms with Gasteiger partial charge in [0, 0.05) is 28.8 Å². The van der Waals surface area contributed by atoms with Crippen molar-refractivity contribution in [2.24, 2.45) is 0 Å². The monoisotopic (exact) mass is 522 g/mol. The van der Waals surface area contributed by atoms with Crippen molar-refractivity contribution in [3.05, 3.63) is 83.8 Å². The second kappa shape index (κ2) is 8.46. The average Bonchev–Trinajstić information content (AvgIpc) is 3.63. The van der Waals surface area contributed by atoms with Crippen molar-refractivity contribution < 1.29 is 0 Å². The van der Waals surface area contributed by atoms with Crippen LogP contribution >= 0.6 is 0 Å². The second-order valence-electron chi connectivity index (χ2n) is 11.7. The molecule has 0 radical (unpaired) electrons. The normalized spacial score (nSPS) is 13.2. The summed E-state index contributed by atoms with van der Waals surface area (Å²) in [5.41, 5.74) is 12.9. The van der Waals surface area contributed by atoms with Crippen LogP contribution in [0, 0.1) is 0 Å². The molecule has 0 amide bonds. The van der Waals surface area contributed by atoms with E-state index in [1.807, 2.05) is 6.20 Å².